The van der Waals surface area contributed by atoms with Gasteiger partial charge in [0.1, 0.15) is 0 Å². The highest BCUT2D eigenvalue weighted by molar-refractivity contribution is 5.36. The second-order valence-electron chi connectivity index (χ2n) is 5.12. The summed E-state index contributed by atoms with van der Waals surface area (Å²) >= 11 is 0. The summed E-state index contributed by atoms with van der Waals surface area (Å²) in [6.45, 7) is 9.41. The molecule has 0 bridgehead atoms. The Balaban J connectivity index is 1.94. The molecule has 1 aliphatic rings. The average molecular weight is 233 g/mol. The number of rotatable bonds is 3. The topological polar surface area (TPSA) is 12.5 Å². The SMILES string of the molecule is Cc1cc(CON2CCCCC2)cc(C)c1C. The molecule has 2 heteroatoms. The fourth-order valence-electron chi connectivity index (χ4n) is 2.37. The smallest absolute Gasteiger partial charge is 0.0936 e. The molecule has 0 amide bonds. The molecule has 17 heavy (non-hydrogen) atoms. The highest BCUT2D eigenvalue weighted by Gasteiger charge is 2.10. The molecule has 1 fully saturated rings. The van der Waals surface area contributed by atoms with Crippen LogP contribution in [-0.2, 0) is 11.4 Å². The summed E-state index contributed by atoms with van der Waals surface area (Å²) in [4.78, 5) is 5.85. The van der Waals surface area contributed by atoms with E-state index in [0.29, 0.717) is 6.61 Å². The van der Waals surface area contributed by atoms with Gasteiger partial charge in [-0.25, -0.2) is 0 Å². The number of hydroxylamine groups is 2. The second-order valence-corrected chi connectivity index (χ2v) is 5.12. The van der Waals surface area contributed by atoms with E-state index in [2.05, 4.69) is 38.0 Å². The average Bonchev–Trinajstić information content (AvgIpc) is 2.34. The van der Waals surface area contributed by atoms with Crippen LogP contribution in [0.1, 0.15) is 41.5 Å². The Hall–Kier alpha value is -0.860. The van der Waals surface area contributed by atoms with E-state index in [1.54, 1.807) is 0 Å². The number of aryl methyl sites for hydroxylation is 2. The number of nitrogens with zero attached hydrogens (tertiary/aromatic N) is 1. The van der Waals surface area contributed by atoms with Crippen molar-refractivity contribution in [1.82, 2.24) is 5.06 Å². The number of hydrogen-bond donors (Lipinski definition) is 0. The van der Waals surface area contributed by atoms with E-state index in [1.807, 2.05) is 0 Å². The van der Waals surface area contributed by atoms with Gasteiger partial charge < -0.3 is 0 Å². The summed E-state index contributed by atoms with van der Waals surface area (Å²) in [5.41, 5.74) is 5.41. The Labute approximate surface area is 105 Å². The van der Waals surface area contributed by atoms with E-state index >= 15 is 0 Å². The van der Waals surface area contributed by atoms with Gasteiger partial charge in [0.05, 0.1) is 6.61 Å². The van der Waals surface area contributed by atoms with Gasteiger partial charge in [0.15, 0.2) is 0 Å². The quantitative estimate of drug-likeness (QED) is 0.792. The first-order valence-electron chi connectivity index (χ1n) is 6.61. The molecule has 0 aromatic heterocycles. The molecule has 1 aliphatic heterocycles. The van der Waals surface area contributed by atoms with Gasteiger partial charge in [-0.05, 0) is 55.9 Å². The van der Waals surface area contributed by atoms with Crippen LogP contribution in [0, 0.1) is 20.8 Å². The Morgan fingerprint density at radius 1 is 1.00 bits per heavy atom. The minimum Gasteiger partial charge on any atom is -0.294 e. The number of piperidine rings is 1. The zero-order chi connectivity index (χ0) is 12.3. The van der Waals surface area contributed by atoms with Gasteiger partial charge in [-0.3, -0.25) is 4.84 Å². The molecule has 0 saturated carbocycles. The van der Waals surface area contributed by atoms with E-state index in [-0.39, 0.29) is 0 Å². The van der Waals surface area contributed by atoms with Gasteiger partial charge in [-0.2, -0.15) is 5.06 Å². The molecule has 2 rings (SSSR count). The van der Waals surface area contributed by atoms with Gasteiger partial charge >= 0.3 is 0 Å². The first kappa shape index (κ1) is 12.6. The highest BCUT2D eigenvalue weighted by atomic mass is 16.7. The van der Waals surface area contributed by atoms with Crippen molar-refractivity contribution in [3.05, 3.63) is 34.4 Å². The Morgan fingerprint density at radius 2 is 1.59 bits per heavy atom. The van der Waals surface area contributed by atoms with E-state index in [9.17, 15) is 0 Å². The molecule has 1 heterocycles. The van der Waals surface area contributed by atoms with Gasteiger partial charge in [0.2, 0.25) is 0 Å². The van der Waals surface area contributed by atoms with Crippen LogP contribution in [0.3, 0.4) is 0 Å². The van der Waals surface area contributed by atoms with Crippen LogP contribution in [0.25, 0.3) is 0 Å². The summed E-state index contributed by atoms with van der Waals surface area (Å²) in [5, 5.41) is 2.12. The van der Waals surface area contributed by atoms with E-state index in [0.717, 1.165) is 13.1 Å². The van der Waals surface area contributed by atoms with Gasteiger partial charge in [-0.15, -0.1) is 0 Å². The van der Waals surface area contributed by atoms with Crippen molar-refractivity contribution in [3.8, 4) is 0 Å². The molecule has 2 nitrogen and oxygen atoms in total. The molecule has 1 aromatic rings. The van der Waals surface area contributed by atoms with Crippen LogP contribution < -0.4 is 0 Å². The fraction of sp³-hybridized carbons (Fsp3) is 0.600. The van der Waals surface area contributed by atoms with Crippen molar-refractivity contribution < 1.29 is 4.84 Å². The zero-order valence-corrected chi connectivity index (χ0v) is 11.3. The summed E-state index contributed by atoms with van der Waals surface area (Å²) in [7, 11) is 0. The molecule has 0 N–H and O–H groups in total. The minimum absolute atomic E-state index is 0.710. The van der Waals surface area contributed by atoms with Crippen LogP contribution in [-0.4, -0.2) is 18.2 Å². The monoisotopic (exact) mass is 233 g/mol. The van der Waals surface area contributed by atoms with Crippen molar-refractivity contribution in [3.63, 3.8) is 0 Å². The van der Waals surface area contributed by atoms with Crippen molar-refractivity contribution in [2.24, 2.45) is 0 Å². The lowest BCUT2D eigenvalue weighted by atomic mass is 10.0. The summed E-state index contributed by atoms with van der Waals surface area (Å²) in [6.07, 6.45) is 3.89. The largest absolute Gasteiger partial charge is 0.294 e. The predicted molar refractivity (Wildman–Crippen MR) is 70.9 cm³/mol. The van der Waals surface area contributed by atoms with Gasteiger partial charge in [0.25, 0.3) is 0 Å². The second kappa shape index (κ2) is 5.65. The molecule has 1 saturated heterocycles. The maximum atomic E-state index is 5.85. The fourth-order valence-corrected chi connectivity index (χ4v) is 2.37. The summed E-state index contributed by atoms with van der Waals surface area (Å²) in [5.74, 6) is 0. The van der Waals surface area contributed by atoms with Crippen LogP contribution in [0.5, 0.6) is 0 Å². The van der Waals surface area contributed by atoms with E-state index < -0.39 is 0 Å². The first-order chi connectivity index (χ1) is 8.16. The Morgan fingerprint density at radius 3 is 2.18 bits per heavy atom. The number of hydrogen-bond acceptors (Lipinski definition) is 2. The third kappa shape index (κ3) is 3.30. The third-order valence-electron chi connectivity index (χ3n) is 3.72. The molecule has 0 spiro atoms. The molecule has 0 atom stereocenters. The molecule has 94 valence electrons. The van der Waals surface area contributed by atoms with Gasteiger partial charge in [-0.1, -0.05) is 18.6 Å². The number of benzene rings is 1. The lowest BCUT2D eigenvalue weighted by Gasteiger charge is -2.25. The Bertz CT molecular complexity index is 358. The molecule has 1 aromatic carbocycles. The van der Waals surface area contributed by atoms with Crippen molar-refractivity contribution in [2.45, 2.75) is 46.6 Å². The summed E-state index contributed by atoms with van der Waals surface area (Å²) < 4.78 is 0. The third-order valence-corrected chi connectivity index (χ3v) is 3.72. The lowest BCUT2D eigenvalue weighted by Crippen LogP contribution is -2.29. The molecular formula is C15H23NO. The molecular weight excluding hydrogens is 210 g/mol. The van der Waals surface area contributed by atoms with Gasteiger partial charge in [0, 0.05) is 13.1 Å². The minimum atomic E-state index is 0.710. The van der Waals surface area contributed by atoms with Crippen molar-refractivity contribution in [1.29, 1.82) is 0 Å². The molecule has 0 unspecified atom stereocenters. The zero-order valence-electron chi connectivity index (χ0n) is 11.3. The van der Waals surface area contributed by atoms with Crippen LogP contribution in [0.4, 0.5) is 0 Å². The van der Waals surface area contributed by atoms with E-state index in [1.165, 1.54) is 41.5 Å². The maximum Gasteiger partial charge on any atom is 0.0936 e. The van der Waals surface area contributed by atoms with Crippen LogP contribution in [0.2, 0.25) is 0 Å². The highest BCUT2D eigenvalue weighted by Crippen LogP contribution is 2.17. The predicted octanol–water partition coefficient (Wildman–Crippen LogP) is 3.53. The van der Waals surface area contributed by atoms with E-state index in [4.69, 9.17) is 4.84 Å². The maximum absolute atomic E-state index is 5.85. The van der Waals surface area contributed by atoms with Crippen molar-refractivity contribution >= 4 is 0 Å². The summed E-state index contributed by atoms with van der Waals surface area (Å²) in [6, 6.07) is 4.48. The molecule has 0 aliphatic carbocycles. The lowest BCUT2D eigenvalue weighted by molar-refractivity contribution is -0.178. The Kier molecular flexibility index (Phi) is 4.19. The van der Waals surface area contributed by atoms with Crippen LogP contribution >= 0.6 is 0 Å². The van der Waals surface area contributed by atoms with Crippen molar-refractivity contribution in [2.75, 3.05) is 13.1 Å². The van der Waals surface area contributed by atoms with Crippen LogP contribution in [0.15, 0.2) is 12.1 Å². The standard InChI is InChI=1S/C15H23NO/c1-12-9-15(10-13(2)14(12)3)11-17-16-7-5-4-6-8-16/h9-10H,4-8,11H2,1-3H3. The normalized spacial score (nSPS) is 17.4. The molecule has 0 radical (unpaired) electrons. The first-order valence-corrected chi connectivity index (χ1v) is 6.61.